The van der Waals surface area contributed by atoms with E-state index in [1.54, 1.807) is 0 Å². The number of morpholine rings is 1. The molecule has 3 rings (SSSR count). The predicted octanol–water partition coefficient (Wildman–Crippen LogP) is 1.05. The molecule has 0 aliphatic carbocycles. The third-order valence-corrected chi connectivity index (χ3v) is 3.42. The van der Waals surface area contributed by atoms with Crippen molar-refractivity contribution in [1.82, 2.24) is 15.5 Å². The quantitative estimate of drug-likeness (QED) is 0.892. The van der Waals surface area contributed by atoms with E-state index in [-0.39, 0.29) is 6.10 Å². The van der Waals surface area contributed by atoms with E-state index in [1.807, 2.05) is 24.4 Å². The van der Waals surface area contributed by atoms with Gasteiger partial charge in [0.15, 0.2) is 0 Å². The number of hydrogen-bond acceptors (Lipinski definition) is 5. The molecule has 1 saturated heterocycles. The normalized spacial score (nSPS) is 19.5. The first kappa shape index (κ1) is 12.3. The van der Waals surface area contributed by atoms with Gasteiger partial charge in [-0.15, -0.1) is 0 Å². The molecule has 0 spiro atoms. The average Bonchev–Trinajstić information content (AvgIpc) is 2.47. The second-order valence-electron chi connectivity index (χ2n) is 4.82. The van der Waals surface area contributed by atoms with Crippen LogP contribution in [0.4, 0.5) is 5.69 Å². The summed E-state index contributed by atoms with van der Waals surface area (Å²) >= 11 is 0. The number of fused-ring (bicyclic) bond motifs is 1. The number of nitrogens with zero attached hydrogens (tertiary/aromatic N) is 3. The van der Waals surface area contributed by atoms with E-state index < -0.39 is 0 Å². The summed E-state index contributed by atoms with van der Waals surface area (Å²) in [6.07, 6.45) is 2.05. The van der Waals surface area contributed by atoms with Gasteiger partial charge in [0.25, 0.3) is 0 Å². The van der Waals surface area contributed by atoms with Crippen molar-refractivity contribution in [3.05, 3.63) is 30.5 Å². The van der Waals surface area contributed by atoms with Gasteiger partial charge in [-0.05, 0) is 6.07 Å². The molecule has 0 radical (unpaired) electrons. The summed E-state index contributed by atoms with van der Waals surface area (Å²) in [5.41, 5.74) is 2.02. The summed E-state index contributed by atoms with van der Waals surface area (Å²) in [6, 6.07) is 8.07. The first-order chi connectivity index (χ1) is 9.34. The van der Waals surface area contributed by atoms with Gasteiger partial charge in [-0.3, -0.25) is 0 Å². The Morgan fingerprint density at radius 3 is 3.16 bits per heavy atom. The van der Waals surface area contributed by atoms with Gasteiger partial charge in [-0.1, -0.05) is 18.2 Å². The first-order valence-corrected chi connectivity index (χ1v) is 6.58. The van der Waals surface area contributed by atoms with Crippen molar-refractivity contribution in [2.24, 2.45) is 0 Å². The van der Waals surface area contributed by atoms with Crippen LogP contribution in [0.25, 0.3) is 10.9 Å². The van der Waals surface area contributed by atoms with Gasteiger partial charge in [0.05, 0.1) is 30.1 Å². The molecule has 19 heavy (non-hydrogen) atoms. The summed E-state index contributed by atoms with van der Waals surface area (Å²) < 4.78 is 5.74. The number of likely N-dealkylation sites (N-methyl/N-ethyl adjacent to an activating group) is 1. The minimum Gasteiger partial charge on any atom is -0.374 e. The van der Waals surface area contributed by atoms with Crippen molar-refractivity contribution in [3.8, 4) is 0 Å². The molecule has 1 aromatic heterocycles. The van der Waals surface area contributed by atoms with E-state index in [1.165, 1.54) is 0 Å². The Bertz CT molecular complexity index is 549. The van der Waals surface area contributed by atoms with Crippen LogP contribution < -0.4 is 10.2 Å². The molecule has 5 nitrogen and oxygen atoms in total. The van der Waals surface area contributed by atoms with Crippen LogP contribution in [-0.2, 0) is 4.74 Å². The van der Waals surface area contributed by atoms with Gasteiger partial charge in [-0.25, -0.2) is 0 Å². The van der Waals surface area contributed by atoms with Gasteiger partial charge in [0, 0.05) is 32.1 Å². The Hall–Kier alpha value is -1.72. The lowest BCUT2D eigenvalue weighted by Crippen LogP contribution is -2.44. The molecular formula is C14H18N4O. The first-order valence-electron chi connectivity index (χ1n) is 6.58. The van der Waals surface area contributed by atoms with Crippen molar-refractivity contribution < 1.29 is 4.74 Å². The maximum atomic E-state index is 5.74. The van der Waals surface area contributed by atoms with Gasteiger partial charge in [0.2, 0.25) is 0 Å². The van der Waals surface area contributed by atoms with Gasteiger partial charge in [0.1, 0.15) is 0 Å². The second-order valence-corrected chi connectivity index (χ2v) is 4.82. The third kappa shape index (κ3) is 2.67. The number of benzene rings is 1. The van der Waals surface area contributed by atoms with E-state index in [0.717, 1.165) is 42.8 Å². The molecule has 0 amide bonds. The lowest BCUT2D eigenvalue weighted by atomic mass is 10.2. The van der Waals surface area contributed by atoms with Crippen molar-refractivity contribution in [3.63, 3.8) is 0 Å². The number of rotatable bonds is 3. The van der Waals surface area contributed by atoms with Crippen LogP contribution in [-0.4, -0.2) is 49.6 Å². The number of hydrogen-bond donors (Lipinski definition) is 1. The molecule has 1 atom stereocenters. The smallest absolute Gasteiger partial charge is 0.0950 e. The van der Waals surface area contributed by atoms with Crippen LogP contribution in [0.2, 0.25) is 0 Å². The number of nitrogens with one attached hydrogen (secondary N) is 1. The van der Waals surface area contributed by atoms with Gasteiger partial charge >= 0.3 is 0 Å². The Morgan fingerprint density at radius 2 is 2.32 bits per heavy atom. The lowest BCUT2D eigenvalue weighted by molar-refractivity contribution is 0.0340. The van der Waals surface area contributed by atoms with Crippen molar-refractivity contribution >= 4 is 16.6 Å². The van der Waals surface area contributed by atoms with Crippen LogP contribution in [0.3, 0.4) is 0 Å². The Balaban J connectivity index is 1.82. The zero-order valence-corrected chi connectivity index (χ0v) is 11.0. The fourth-order valence-electron chi connectivity index (χ4n) is 2.44. The van der Waals surface area contributed by atoms with Crippen LogP contribution in [0, 0.1) is 0 Å². The summed E-state index contributed by atoms with van der Waals surface area (Å²) in [6.45, 7) is 3.48. The van der Waals surface area contributed by atoms with Crippen LogP contribution in [0.5, 0.6) is 0 Å². The molecule has 2 heterocycles. The number of ether oxygens (including phenoxy) is 1. The molecule has 1 aromatic carbocycles. The molecule has 2 aromatic rings. The second kappa shape index (κ2) is 5.50. The Morgan fingerprint density at radius 1 is 1.42 bits per heavy atom. The lowest BCUT2D eigenvalue weighted by Gasteiger charge is -2.29. The molecular weight excluding hydrogens is 240 g/mol. The Kier molecular flexibility index (Phi) is 3.57. The van der Waals surface area contributed by atoms with Gasteiger partial charge < -0.3 is 15.0 Å². The zero-order valence-electron chi connectivity index (χ0n) is 11.0. The molecule has 100 valence electrons. The average molecular weight is 258 g/mol. The molecule has 1 aliphatic heterocycles. The topological polar surface area (TPSA) is 50.3 Å². The highest BCUT2D eigenvalue weighted by Gasteiger charge is 2.17. The minimum atomic E-state index is 0.227. The van der Waals surface area contributed by atoms with Crippen LogP contribution in [0.15, 0.2) is 30.5 Å². The molecule has 0 saturated carbocycles. The van der Waals surface area contributed by atoms with E-state index in [4.69, 9.17) is 4.74 Å². The standard InChI is InChI=1S/C14H18N4O/c1-18(10-11-8-15-6-7-19-11)14-9-16-17-13-5-3-2-4-12(13)14/h2-5,9,11,15H,6-8,10H2,1H3. The maximum Gasteiger partial charge on any atom is 0.0950 e. The Labute approximate surface area is 112 Å². The highest BCUT2D eigenvalue weighted by molar-refractivity contribution is 5.90. The van der Waals surface area contributed by atoms with Crippen molar-refractivity contribution in [2.75, 3.05) is 38.2 Å². The monoisotopic (exact) mass is 258 g/mol. The van der Waals surface area contributed by atoms with E-state index >= 15 is 0 Å². The molecule has 5 heteroatoms. The van der Waals surface area contributed by atoms with Crippen LogP contribution in [0.1, 0.15) is 0 Å². The SMILES string of the molecule is CN(CC1CNCCO1)c1cnnc2ccccc12. The van der Waals surface area contributed by atoms with Gasteiger partial charge in [-0.2, -0.15) is 10.2 Å². The third-order valence-electron chi connectivity index (χ3n) is 3.42. The van der Waals surface area contributed by atoms with E-state index in [0.29, 0.717) is 0 Å². The van der Waals surface area contributed by atoms with Crippen molar-refractivity contribution in [2.45, 2.75) is 6.10 Å². The fourth-order valence-corrected chi connectivity index (χ4v) is 2.44. The van der Waals surface area contributed by atoms with Crippen LogP contribution >= 0.6 is 0 Å². The highest BCUT2D eigenvalue weighted by atomic mass is 16.5. The van der Waals surface area contributed by atoms with Crippen molar-refractivity contribution in [1.29, 1.82) is 0 Å². The zero-order chi connectivity index (χ0) is 13.1. The number of aromatic nitrogens is 2. The molecule has 1 N–H and O–H groups in total. The van der Waals surface area contributed by atoms with E-state index in [9.17, 15) is 0 Å². The summed E-state index contributed by atoms with van der Waals surface area (Å²) in [5, 5.41) is 12.7. The summed E-state index contributed by atoms with van der Waals surface area (Å²) in [4.78, 5) is 2.19. The molecule has 0 bridgehead atoms. The highest BCUT2D eigenvalue weighted by Crippen LogP contribution is 2.23. The summed E-state index contributed by atoms with van der Waals surface area (Å²) in [5.74, 6) is 0. The summed E-state index contributed by atoms with van der Waals surface area (Å²) in [7, 11) is 2.07. The predicted molar refractivity (Wildman–Crippen MR) is 75.4 cm³/mol. The number of anilines is 1. The minimum absolute atomic E-state index is 0.227. The maximum absolute atomic E-state index is 5.74. The van der Waals surface area contributed by atoms with E-state index in [2.05, 4.69) is 33.5 Å². The molecule has 1 unspecified atom stereocenters. The molecule has 1 aliphatic rings. The fraction of sp³-hybridized carbons (Fsp3) is 0.429. The largest absolute Gasteiger partial charge is 0.374 e. The molecule has 1 fully saturated rings.